The van der Waals surface area contributed by atoms with Crippen molar-refractivity contribution in [2.45, 2.75) is 0 Å². The quantitative estimate of drug-likeness (QED) is 0.149. The summed E-state index contributed by atoms with van der Waals surface area (Å²) in [6.45, 7) is 0. The number of nitrogens with zero attached hydrogens (tertiary/aromatic N) is 2. The summed E-state index contributed by atoms with van der Waals surface area (Å²) < 4.78 is 8.90. The molecular formula is C62H40N2O. The molecule has 13 rings (SSSR count). The van der Waals surface area contributed by atoms with Crippen molar-refractivity contribution in [1.82, 2.24) is 4.57 Å². The highest BCUT2D eigenvalue weighted by molar-refractivity contribution is 6.12. The topological polar surface area (TPSA) is 21.3 Å². The van der Waals surface area contributed by atoms with Gasteiger partial charge in [0.05, 0.1) is 16.7 Å². The van der Waals surface area contributed by atoms with Crippen LogP contribution in [-0.4, -0.2) is 4.57 Å². The minimum absolute atomic E-state index is 0.901. The van der Waals surface area contributed by atoms with Crippen molar-refractivity contribution < 1.29 is 4.42 Å². The number of rotatable bonds is 7. The van der Waals surface area contributed by atoms with Crippen LogP contribution in [-0.2, 0) is 0 Å². The van der Waals surface area contributed by atoms with E-state index in [1.54, 1.807) is 0 Å². The van der Waals surface area contributed by atoms with Crippen molar-refractivity contribution in [1.29, 1.82) is 0 Å². The molecule has 2 heterocycles. The summed E-state index contributed by atoms with van der Waals surface area (Å²) in [5.41, 5.74) is 15.4. The normalized spacial score (nSPS) is 11.7. The van der Waals surface area contributed by atoms with Gasteiger partial charge in [0.2, 0.25) is 0 Å². The van der Waals surface area contributed by atoms with Crippen LogP contribution in [0.15, 0.2) is 247 Å². The third-order valence-corrected chi connectivity index (χ3v) is 13.2. The Morgan fingerprint density at radius 1 is 0.308 bits per heavy atom. The first-order valence-electron chi connectivity index (χ1n) is 22.2. The van der Waals surface area contributed by atoms with Crippen molar-refractivity contribution in [3.05, 3.63) is 243 Å². The van der Waals surface area contributed by atoms with Gasteiger partial charge in [0.1, 0.15) is 11.2 Å². The van der Waals surface area contributed by atoms with Crippen LogP contribution >= 0.6 is 0 Å². The lowest BCUT2D eigenvalue weighted by molar-refractivity contribution is 0.670. The molecule has 3 heteroatoms. The molecule has 11 aromatic carbocycles. The molecule has 0 atom stereocenters. The van der Waals surface area contributed by atoms with Gasteiger partial charge in [-0.3, -0.25) is 0 Å². The molecule has 0 N–H and O–H groups in total. The van der Waals surface area contributed by atoms with E-state index in [-0.39, 0.29) is 0 Å². The molecule has 0 spiro atoms. The molecule has 0 fully saturated rings. The number of para-hydroxylation sites is 5. The molecule has 0 radical (unpaired) electrons. The first kappa shape index (κ1) is 36.9. The minimum atomic E-state index is 0.901. The summed E-state index contributed by atoms with van der Waals surface area (Å²) in [4.78, 5) is 2.39. The Hall–Kier alpha value is -8.66. The third kappa shape index (κ3) is 6.05. The Morgan fingerprint density at radius 3 is 1.69 bits per heavy atom. The predicted molar refractivity (Wildman–Crippen MR) is 274 cm³/mol. The van der Waals surface area contributed by atoms with Gasteiger partial charge in [-0.25, -0.2) is 0 Å². The van der Waals surface area contributed by atoms with Gasteiger partial charge in [-0.1, -0.05) is 182 Å². The number of anilines is 3. The number of benzene rings is 11. The van der Waals surface area contributed by atoms with Crippen LogP contribution in [0.25, 0.3) is 104 Å². The molecule has 0 aliphatic carbocycles. The smallest absolute Gasteiger partial charge is 0.143 e. The molecule has 0 saturated heterocycles. The average molecular weight is 829 g/mol. The van der Waals surface area contributed by atoms with Crippen molar-refractivity contribution in [3.63, 3.8) is 0 Å². The molecule has 304 valence electrons. The van der Waals surface area contributed by atoms with Crippen molar-refractivity contribution >= 4 is 82.4 Å². The number of furan rings is 1. The Balaban J connectivity index is 0.960. The summed E-state index contributed by atoms with van der Waals surface area (Å²) in [5.74, 6) is 0. The fraction of sp³-hybridized carbons (Fsp3) is 0. The van der Waals surface area contributed by atoms with Crippen LogP contribution in [0.1, 0.15) is 0 Å². The summed E-state index contributed by atoms with van der Waals surface area (Å²) >= 11 is 0. The zero-order valence-corrected chi connectivity index (χ0v) is 35.4. The molecule has 65 heavy (non-hydrogen) atoms. The van der Waals surface area contributed by atoms with E-state index in [0.29, 0.717) is 0 Å². The largest absolute Gasteiger partial charge is 0.455 e. The van der Waals surface area contributed by atoms with Gasteiger partial charge in [-0.15, -0.1) is 0 Å². The lowest BCUT2D eigenvalue weighted by Gasteiger charge is -2.27. The summed E-state index contributed by atoms with van der Waals surface area (Å²) in [6.07, 6.45) is 0. The minimum Gasteiger partial charge on any atom is -0.455 e. The lowest BCUT2D eigenvalue weighted by Crippen LogP contribution is -2.10. The highest BCUT2D eigenvalue weighted by Gasteiger charge is 2.20. The molecule has 0 aliphatic rings. The Bertz CT molecular complexity index is 3910. The van der Waals surface area contributed by atoms with Gasteiger partial charge in [-0.2, -0.15) is 0 Å². The van der Waals surface area contributed by atoms with E-state index in [0.717, 1.165) is 61.4 Å². The Kier molecular flexibility index (Phi) is 8.53. The van der Waals surface area contributed by atoms with E-state index in [9.17, 15) is 0 Å². The van der Waals surface area contributed by atoms with E-state index >= 15 is 0 Å². The van der Waals surface area contributed by atoms with Crippen LogP contribution < -0.4 is 4.90 Å². The molecule has 0 aliphatic heterocycles. The highest BCUT2D eigenvalue weighted by atomic mass is 16.3. The molecule has 2 aromatic heterocycles. The molecule has 0 unspecified atom stereocenters. The van der Waals surface area contributed by atoms with Gasteiger partial charge in [0, 0.05) is 49.7 Å². The van der Waals surface area contributed by atoms with Crippen LogP contribution in [0.5, 0.6) is 0 Å². The second-order valence-corrected chi connectivity index (χ2v) is 16.8. The second-order valence-electron chi connectivity index (χ2n) is 16.8. The molecule has 0 bridgehead atoms. The maximum Gasteiger partial charge on any atom is 0.143 e. The average Bonchev–Trinajstić information content (AvgIpc) is 3.93. The van der Waals surface area contributed by atoms with Crippen LogP contribution in [0.2, 0.25) is 0 Å². The molecule has 3 nitrogen and oxygen atoms in total. The number of hydrogen-bond acceptors (Lipinski definition) is 2. The number of aromatic nitrogens is 1. The fourth-order valence-corrected chi connectivity index (χ4v) is 10.2. The van der Waals surface area contributed by atoms with E-state index in [2.05, 4.69) is 240 Å². The SMILES string of the molecule is c1cc(-c2ccccc2-c2ccccc2-n2c3ccccc3c3ccccc32)cc(N(c2ccc(-c3cccc4c3oc3ccccc34)cc2)c2ccc3c(ccc4ccccc43)c2)c1. The number of fused-ring (bicyclic) bond motifs is 9. The van der Waals surface area contributed by atoms with Crippen molar-refractivity contribution in [2.75, 3.05) is 4.90 Å². The van der Waals surface area contributed by atoms with Crippen LogP contribution in [0.4, 0.5) is 17.1 Å². The highest BCUT2D eigenvalue weighted by Crippen LogP contribution is 2.44. The Morgan fingerprint density at radius 2 is 0.877 bits per heavy atom. The monoisotopic (exact) mass is 828 g/mol. The van der Waals surface area contributed by atoms with Crippen LogP contribution in [0, 0.1) is 0 Å². The van der Waals surface area contributed by atoms with E-state index < -0.39 is 0 Å². The van der Waals surface area contributed by atoms with Gasteiger partial charge in [-0.05, 0) is 104 Å². The molecule has 13 aromatic rings. The van der Waals surface area contributed by atoms with Gasteiger partial charge >= 0.3 is 0 Å². The summed E-state index contributed by atoms with van der Waals surface area (Å²) in [6, 6.07) is 87.8. The number of hydrogen-bond donors (Lipinski definition) is 0. The maximum absolute atomic E-state index is 6.48. The summed E-state index contributed by atoms with van der Waals surface area (Å²) in [7, 11) is 0. The van der Waals surface area contributed by atoms with E-state index in [1.165, 1.54) is 60.0 Å². The fourth-order valence-electron chi connectivity index (χ4n) is 10.2. The van der Waals surface area contributed by atoms with E-state index in [4.69, 9.17) is 4.42 Å². The zero-order valence-electron chi connectivity index (χ0n) is 35.4. The first-order chi connectivity index (χ1) is 32.2. The summed E-state index contributed by atoms with van der Waals surface area (Å²) in [5, 5.41) is 9.70. The van der Waals surface area contributed by atoms with E-state index in [1.807, 2.05) is 12.1 Å². The Labute approximate surface area is 376 Å². The van der Waals surface area contributed by atoms with Gasteiger partial charge < -0.3 is 13.9 Å². The maximum atomic E-state index is 6.48. The van der Waals surface area contributed by atoms with Gasteiger partial charge in [0.15, 0.2) is 0 Å². The predicted octanol–water partition coefficient (Wildman–Crippen LogP) is 17.5. The van der Waals surface area contributed by atoms with Gasteiger partial charge in [0.25, 0.3) is 0 Å². The lowest BCUT2D eigenvalue weighted by atomic mass is 9.93. The molecule has 0 amide bonds. The van der Waals surface area contributed by atoms with Crippen LogP contribution in [0.3, 0.4) is 0 Å². The standard InChI is InChI=1S/C62H40N2O/c1-2-18-48-41(15-1)31-32-44-40-47(37-38-50(44)48)63(45-35-33-42(34-36-45)51-25-14-26-57-56-24-8-12-30-61(56)65-62(51)57)46-17-13-16-43(39-46)49-19-3-4-20-52(49)53-21-5-9-27-58(53)64-59-28-10-6-22-54(59)55-23-7-11-29-60(55)64/h1-40H. The molecular weight excluding hydrogens is 789 g/mol. The first-order valence-corrected chi connectivity index (χ1v) is 22.2. The van der Waals surface area contributed by atoms with Crippen molar-refractivity contribution in [3.8, 4) is 39.1 Å². The second kappa shape index (κ2) is 15.0. The third-order valence-electron chi connectivity index (χ3n) is 13.2. The van der Waals surface area contributed by atoms with Crippen molar-refractivity contribution in [2.24, 2.45) is 0 Å². The zero-order chi connectivity index (χ0) is 42.8. The molecule has 0 saturated carbocycles.